The lowest BCUT2D eigenvalue weighted by molar-refractivity contribution is 0.0645. The first kappa shape index (κ1) is 25.6. The molecule has 4 aromatic heterocycles. The summed E-state index contributed by atoms with van der Waals surface area (Å²) in [6, 6.07) is 3.91. The fourth-order valence-corrected chi connectivity index (χ4v) is 3.91. The number of aliphatic hydroxyl groups is 1. The fourth-order valence-electron chi connectivity index (χ4n) is 3.91. The van der Waals surface area contributed by atoms with E-state index in [0.29, 0.717) is 35.4 Å². The number of carbonyl (C=O) groups excluding carboxylic acids is 1. The largest absolute Gasteiger partial charge is 0.412 e. The van der Waals surface area contributed by atoms with Crippen molar-refractivity contribution < 1.29 is 23.1 Å². The number of alkyl halides is 1. The molecule has 0 aliphatic carbocycles. The molecular weight excluding hydrogens is 488 g/mol. The molecule has 12 nitrogen and oxygen atoms in total. The molecule has 5 heterocycles. The molecule has 0 radical (unpaired) electrons. The number of halogens is 2. The Hall–Kier alpha value is -4.46. The molecule has 0 fully saturated rings. The Labute approximate surface area is 209 Å². The van der Waals surface area contributed by atoms with Crippen LogP contribution in [-0.2, 0) is 6.42 Å². The number of nitrogens with one attached hydrogen (secondary N) is 1. The van der Waals surface area contributed by atoms with E-state index in [-0.39, 0.29) is 11.8 Å². The first-order valence-corrected chi connectivity index (χ1v) is 11.2. The monoisotopic (exact) mass is 513 g/mol. The molecule has 0 saturated carbocycles. The third-order valence-corrected chi connectivity index (χ3v) is 5.53. The van der Waals surface area contributed by atoms with Crippen molar-refractivity contribution >= 4 is 23.2 Å². The maximum atomic E-state index is 14.3. The van der Waals surface area contributed by atoms with Crippen LogP contribution in [0.3, 0.4) is 0 Å². The van der Waals surface area contributed by atoms with E-state index in [1.807, 2.05) is 6.92 Å². The van der Waals surface area contributed by atoms with Gasteiger partial charge >= 0.3 is 11.8 Å². The summed E-state index contributed by atoms with van der Waals surface area (Å²) in [7, 11) is 3.58. The number of H-pyrrole nitrogens is 1. The van der Waals surface area contributed by atoms with Gasteiger partial charge < -0.3 is 24.4 Å². The average molecular weight is 514 g/mol. The van der Waals surface area contributed by atoms with E-state index in [9.17, 15) is 13.6 Å². The normalized spacial score (nSPS) is 15.6. The molecule has 1 aliphatic rings. The van der Waals surface area contributed by atoms with Gasteiger partial charge in [-0.2, -0.15) is 10.2 Å². The third-order valence-electron chi connectivity index (χ3n) is 5.53. The smallest absolute Gasteiger partial charge is 0.312 e. The molecule has 5 rings (SSSR count). The molecular formula is C23H25F2N9O3. The van der Waals surface area contributed by atoms with Crippen molar-refractivity contribution in [3.05, 3.63) is 71.5 Å². The van der Waals surface area contributed by atoms with Crippen molar-refractivity contribution in [1.29, 1.82) is 0 Å². The summed E-state index contributed by atoms with van der Waals surface area (Å²) in [5, 5.41) is 25.2. The molecule has 4 aromatic rings. The quantitative estimate of drug-likeness (QED) is 0.306. The Kier molecular flexibility index (Phi) is 7.67. The second-order valence-electron chi connectivity index (χ2n) is 8.04. The summed E-state index contributed by atoms with van der Waals surface area (Å²) in [4.78, 5) is 22.6. The lowest BCUT2D eigenvalue weighted by Crippen LogP contribution is -2.41. The van der Waals surface area contributed by atoms with Crippen LogP contribution < -0.4 is 0 Å². The van der Waals surface area contributed by atoms with E-state index >= 15 is 0 Å². The molecule has 0 spiro atoms. The van der Waals surface area contributed by atoms with Crippen LogP contribution in [-0.4, -0.2) is 84.4 Å². The third kappa shape index (κ3) is 5.23. The van der Waals surface area contributed by atoms with Gasteiger partial charge in [-0.3, -0.25) is 4.79 Å². The van der Waals surface area contributed by atoms with E-state index in [0.717, 1.165) is 5.69 Å². The maximum Gasteiger partial charge on any atom is 0.312 e. The van der Waals surface area contributed by atoms with Gasteiger partial charge in [-0.1, -0.05) is 6.08 Å². The number of hydrogen-bond acceptors (Lipinski definition) is 9. The van der Waals surface area contributed by atoms with Crippen LogP contribution in [0, 0.1) is 5.82 Å². The summed E-state index contributed by atoms with van der Waals surface area (Å²) in [5.74, 6) is -0.848. The SMILES string of the molecule is C/C=C(/C=N\N(C)C)c1nnc(C(=O)N2CCc3[nH]cnc3C2c2cc3c(F)cccn3n2)o1.OCF. The molecule has 1 atom stereocenters. The number of aliphatic hydroxyl groups excluding tert-OH is 1. The summed E-state index contributed by atoms with van der Waals surface area (Å²) in [6.45, 7) is 0.927. The first-order valence-electron chi connectivity index (χ1n) is 11.2. The topological polar surface area (TPSA) is 141 Å². The number of fused-ring (bicyclic) bond motifs is 2. The molecule has 14 heteroatoms. The lowest BCUT2D eigenvalue weighted by atomic mass is 9.99. The van der Waals surface area contributed by atoms with Crippen molar-refractivity contribution in [2.45, 2.75) is 19.4 Å². The van der Waals surface area contributed by atoms with Gasteiger partial charge in [0.25, 0.3) is 0 Å². The first-order chi connectivity index (χ1) is 17.9. The molecule has 0 aromatic carbocycles. The van der Waals surface area contributed by atoms with Crippen molar-refractivity contribution in [3.8, 4) is 0 Å². The highest BCUT2D eigenvalue weighted by atomic mass is 19.1. The minimum atomic E-state index is -1.25. The minimum absolute atomic E-state index is 0.161. The van der Waals surface area contributed by atoms with Crippen LogP contribution in [0.1, 0.15) is 46.6 Å². The van der Waals surface area contributed by atoms with Gasteiger partial charge in [-0.05, 0) is 25.1 Å². The second kappa shape index (κ2) is 11.1. The highest BCUT2D eigenvalue weighted by Crippen LogP contribution is 2.34. The Morgan fingerprint density at radius 3 is 2.84 bits per heavy atom. The van der Waals surface area contributed by atoms with Gasteiger partial charge in [0.1, 0.15) is 17.4 Å². The number of allylic oxidation sites excluding steroid dienone is 2. The fraction of sp³-hybridized carbons (Fsp3) is 0.304. The summed E-state index contributed by atoms with van der Waals surface area (Å²) >= 11 is 0. The minimum Gasteiger partial charge on any atom is -0.412 e. The van der Waals surface area contributed by atoms with Gasteiger partial charge in [0, 0.05) is 39.0 Å². The van der Waals surface area contributed by atoms with Crippen molar-refractivity contribution in [1.82, 2.24) is 39.7 Å². The zero-order chi connectivity index (χ0) is 26.5. The number of rotatable bonds is 5. The van der Waals surface area contributed by atoms with Gasteiger partial charge in [-0.15, -0.1) is 10.2 Å². The average Bonchev–Trinajstić information content (AvgIpc) is 3.63. The van der Waals surface area contributed by atoms with Gasteiger partial charge in [-0.25, -0.2) is 18.3 Å². The van der Waals surface area contributed by atoms with Gasteiger partial charge in [0.2, 0.25) is 5.89 Å². The Morgan fingerprint density at radius 1 is 1.38 bits per heavy atom. The van der Waals surface area contributed by atoms with E-state index in [1.165, 1.54) is 10.6 Å². The van der Waals surface area contributed by atoms with Crippen LogP contribution >= 0.6 is 0 Å². The molecule has 1 aliphatic heterocycles. The zero-order valence-corrected chi connectivity index (χ0v) is 20.3. The molecule has 0 bridgehead atoms. The van der Waals surface area contributed by atoms with Gasteiger partial charge in [0.15, 0.2) is 6.86 Å². The number of pyridine rings is 1. The van der Waals surface area contributed by atoms with Crippen LogP contribution in [0.25, 0.3) is 11.1 Å². The zero-order valence-electron chi connectivity index (χ0n) is 20.3. The van der Waals surface area contributed by atoms with Crippen molar-refractivity contribution in [2.75, 3.05) is 27.5 Å². The number of aromatic amines is 1. The summed E-state index contributed by atoms with van der Waals surface area (Å²) in [6.07, 6.45) is 7.14. The number of aromatic nitrogens is 6. The van der Waals surface area contributed by atoms with E-state index in [2.05, 4.69) is 30.4 Å². The maximum absolute atomic E-state index is 14.3. The van der Waals surface area contributed by atoms with Crippen LogP contribution in [0.15, 0.2) is 46.3 Å². The molecule has 194 valence electrons. The highest BCUT2D eigenvalue weighted by Gasteiger charge is 2.38. The van der Waals surface area contributed by atoms with E-state index in [1.54, 1.807) is 61.0 Å². The Morgan fingerprint density at radius 2 is 2.14 bits per heavy atom. The number of amides is 1. The standard InChI is InChI=1S/C22H22FN9O2.CH3FO/c1-4-13(11-26-30(2)3)20-27-28-21(34-20)22(33)31-9-7-15-18(25-12-24-15)19(31)16-10-17-14(23)6-5-8-32(17)29-16;2-1-3/h4-6,8,10-12,19H,7,9H2,1-3H3,(H,24,25);3H,1H2/b13-4-,26-11-;. The number of carbonyl (C=O) groups is 1. The van der Waals surface area contributed by atoms with Crippen LogP contribution in [0.2, 0.25) is 0 Å². The Bertz CT molecular complexity index is 1440. The summed E-state index contributed by atoms with van der Waals surface area (Å²) in [5.41, 5.74) is 2.93. The summed E-state index contributed by atoms with van der Waals surface area (Å²) < 4.78 is 31.3. The van der Waals surface area contributed by atoms with E-state index < -0.39 is 24.6 Å². The molecule has 37 heavy (non-hydrogen) atoms. The van der Waals surface area contributed by atoms with Crippen LogP contribution in [0.4, 0.5) is 8.78 Å². The van der Waals surface area contributed by atoms with Crippen LogP contribution in [0.5, 0.6) is 0 Å². The van der Waals surface area contributed by atoms with Crippen molar-refractivity contribution in [3.63, 3.8) is 0 Å². The number of nitrogens with zero attached hydrogens (tertiary/aromatic N) is 8. The van der Waals surface area contributed by atoms with Gasteiger partial charge in [0.05, 0.1) is 29.5 Å². The molecule has 1 amide bonds. The number of imidazole rings is 1. The highest BCUT2D eigenvalue weighted by molar-refractivity contribution is 6.07. The number of hydrogen-bond donors (Lipinski definition) is 2. The number of hydrazone groups is 1. The molecule has 2 N–H and O–H groups in total. The Balaban J connectivity index is 0.00000102. The second-order valence-corrected chi connectivity index (χ2v) is 8.04. The predicted octanol–water partition coefficient (Wildman–Crippen LogP) is 2.22. The molecule has 1 unspecified atom stereocenters. The molecule has 0 saturated heterocycles. The lowest BCUT2D eigenvalue weighted by Gasteiger charge is -2.32. The predicted molar refractivity (Wildman–Crippen MR) is 129 cm³/mol. The van der Waals surface area contributed by atoms with E-state index in [4.69, 9.17) is 9.52 Å². The van der Waals surface area contributed by atoms with Crippen molar-refractivity contribution in [2.24, 2.45) is 5.10 Å².